The van der Waals surface area contributed by atoms with Crippen LogP contribution >= 0.6 is 0 Å². The van der Waals surface area contributed by atoms with E-state index in [1.165, 1.54) is 5.57 Å². The molecule has 0 aliphatic carbocycles. The van der Waals surface area contributed by atoms with Crippen LogP contribution in [0.5, 0.6) is 5.75 Å². The van der Waals surface area contributed by atoms with Crippen LogP contribution in [-0.4, -0.2) is 58.0 Å². The Hall–Kier alpha value is -2.35. The lowest BCUT2D eigenvalue weighted by Crippen LogP contribution is -2.44. The second-order valence-electron chi connectivity index (χ2n) is 7.12. The lowest BCUT2D eigenvalue weighted by molar-refractivity contribution is -0.0495. The van der Waals surface area contributed by atoms with Gasteiger partial charge in [0.15, 0.2) is 5.96 Å². The number of ether oxygens (including phenoxy) is 2. The van der Waals surface area contributed by atoms with Crippen LogP contribution in [-0.2, 0) is 4.74 Å². The van der Waals surface area contributed by atoms with E-state index < -0.39 is 6.61 Å². The highest BCUT2D eigenvalue weighted by molar-refractivity contribution is 5.80. The molecule has 2 aliphatic rings. The molecule has 1 aromatic rings. The van der Waals surface area contributed by atoms with Gasteiger partial charge >= 0.3 is 6.61 Å². The molecular weight excluding hydrogens is 378 g/mol. The van der Waals surface area contributed by atoms with E-state index >= 15 is 0 Å². The van der Waals surface area contributed by atoms with E-state index in [4.69, 9.17) is 9.73 Å². The summed E-state index contributed by atoms with van der Waals surface area (Å²) in [6.45, 7) is 3.69. The molecule has 1 fully saturated rings. The van der Waals surface area contributed by atoms with E-state index in [0.29, 0.717) is 18.8 Å². The summed E-state index contributed by atoms with van der Waals surface area (Å²) >= 11 is 0. The van der Waals surface area contributed by atoms with E-state index in [0.717, 1.165) is 51.5 Å². The van der Waals surface area contributed by atoms with Crippen molar-refractivity contribution >= 4 is 11.6 Å². The van der Waals surface area contributed by atoms with Gasteiger partial charge in [-0.2, -0.15) is 8.78 Å². The first-order valence-electron chi connectivity index (χ1n) is 10.2. The molecule has 8 heteroatoms. The summed E-state index contributed by atoms with van der Waals surface area (Å²) < 4.78 is 35.4. The quantitative estimate of drug-likeness (QED) is 0.393. The molecule has 160 valence electrons. The van der Waals surface area contributed by atoms with Gasteiger partial charge in [0, 0.05) is 32.2 Å². The van der Waals surface area contributed by atoms with Crippen molar-refractivity contribution in [1.29, 1.82) is 0 Å². The number of halogens is 2. The number of benzene rings is 1. The zero-order chi connectivity index (χ0) is 20.5. The summed E-state index contributed by atoms with van der Waals surface area (Å²) in [5.74, 6) is 1.01. The molecular formula is C21H30F2N4O2. The van der Waals surface area contributed by atoms with Gasteiger partial charge in [0.25, 0.3) is 0 Å². The van der Waals surface area contributed by atoms with Crippen molar-refractivity contribution in [3.05, 3.63) is 35.9 Å². The normalized spacial score (nSPS) is 20.0. The van der Waals surface area contributed by atoms with E-state index in [1.807, 2.05) is 19.1 Å². The summed E-state index contributed by atoms with van der Waals surface area (Å²) in [5, 5.41) is 6.77. The fourth-order valence-electron chi connectivity index (χ4n) is 3.63. The highest BCUT2D eigenvalue weighted by atomic mass is 19.3. The van der Waals surface area contributed by atoms with Crippen molar-refractivity contribution < 1.29 is 18.3 Å². The molecule has 29 heavy (non-hydrogen) atoms. The second kappa shape index (κ2) is 11.0. The molecule has 6 nitrogen and oxygen atoms in total. The number of nitrogens with zero attached hydrogens (tertiary/aromatic N) is 2. The van der Waals surface area contributed by atoms with E-state index in [9.17, 15) is 8.78 Å². The van der Waals surface area contributed by atoms with Crippen molar-refractivity contribution in [1.82, 2.24) is 10.6 Å². The molecule has 1 aromatic carbocycles. The van der Waals surface area contributed by atoms with Gasteiger partial charge in [-0.25, -0.2) is 0 Å². The Morgan fingerprint density at radius 3 is 3.00 bits per heavy atom. The maximum atomic E-state index is 12.7. The molecule has 0 radical (unpaired) electrons. The Kier molecular flexibility index (Phi) is 8.10. The number of aliphatic imine (C=N–C) groups is 1. The minimum atomic E-state index is -2.83. The average molecular weight is 408 g/mol. The molecule has 0 saturated carbocycles. The Morgan fingerprint density at radius 2 is 2.24 bits per heavy atom. The van der Waals surface area contributed by atoms with Gasteiger partial charge in [-0.05, 0) is 38.3 Å². The van der Waals surface area contributed by atoms with Crippen LogP contribution in [0.3, 0.4) is 0 Å². The number of hydrogen-bond acceptors (Lipinski definition) is 4. The van der Waals surface area contributed by atoms with Crippen LogP contribution in [0.1, 0.15) is 26.2 Å². The van der Waals surface area contributed by atoms with E-state index in [-0.39, 0.29) is 11.8 Å². The zero-order valence-corrected chi connectivity index (χ0v) is 16.9. The van der Waals surface area contributed by atoms with Gasteiger partial charge in [-0.15, -0.1) is 0 Å². The molecule has 1 atom stereocenters. The van der Waals surface area contributed by atoms with Crippen LogP contribution < -0.4 is 20.3 Å². The highest BCUT2D eigenvalue weighted by Gasteiger charge is 2.26. The first-order chi connectivity index (χ1) is 14.2. The number of guanidine groups is 1. The maximum absolute atomic E-state index is 12.7. The van der Waals surface area contributed by atoms with Gasteiger partial charge in [0.05, 0.1) is 18.9 Å². The lowest BCUT2D eigenvalue weighted by Gasteiger charge is -2.22. The lowest BCUT2D eigenvalue weighted by atomic mass is 10.1. The second-order valence-corrected chi connectivity index (χ2v) is 7.12. The summed E-state index contributed by atoms with van der Waals surface area (Å²) in [6.07, 6.45) is 4.97. The molecule has 2 aliphatic heterocycles. The smallest absolute Gasteiger partial charge is 0.387 e. The van der Waals surface area contributed by atoms with E-state index in [2.05, 4.69) is 26.3 Å². The number of hydrogen-bond donors (Lipinski definition) is 2. The topological polar surface area (TPSA) is 58.1 Å². The standard InChI is InChI=1S/C21H30F2N4O2/c1-2-24-21(25-11-7-16-9-13-28-14-10-16)26-17-8-12-27(15-17)18-5-3-4-6-19(18)29-20(22)23/h3-6,9,17,20H,2,7-8,10-15H2,1H3,(H2,24,25,26). The average Bonchev–Trinajstić information content (AvgIpc) is 3.17. The summed E-state index contributed by atoms with van der Waals surface area (Å²) in [4.78, 5) is 6.77. The fourth-order valence-corrected chi connectivity index (χ4v) is 3.63. The van der Waals surface area contributed by atoms with Gasteiger partial charge in [0.1, 0.15) is 5.75 Å². The van der Waals surface area contributed by atoms with Crippen LogP contribution in [0.4, 0.5) is 14.5 Å². The SMILES string of the molecule is CCNC(=NCCC1=CCOCC1)NC1CCN(c2ccccc2OC(F)F)C1. The summed E-state index contributed by atoms with van der Waals surface area (Å²) in [7, 11) is 0. The first-order valence-corrected chi connectivity index (χ1v) is 10.2. The Bertz CT molecular complexity index is 712. The van der Waals surface area contributed by atoms with Gasteiger partial charge < -0.3 is 25.0 Å². The minimum Gasteiger partial charge on any atom is -0.433 e. The van der Waals surface area contributed by atoms with Gasteiger partial charge in [-0.3, -0.25) is 4.99 Å². The molecule has 1 unspecified atom stereocenters. The molecule has 3 rings (SSSR count). The van der Waals surface area contributed by atoms with Crippen LogP contribution in [0, 0.1) is 0 Å². The monoisotopic (exact) mass is 408 g/mol. The van der Waals surface area contributed by atoms with E-state index in [1.54, 1.807) is 12.1 Å². The van der Waals surface area contributed by atoms with Crippen molar-refractivity contribution in [2.45, 2.75) is 38.8 Å². The van der Waals surface area contributed by atoms with Crippen molar-refractivity contribution in [3.8, 4) is 5.75 Å². The fraction of sp³-hybridized carbons (Fsp3) is 0.571. The van der Waals surface area contributed by atoms with Gasteiger partial charge in [-0.1, -0.05) is 23.8 Å². The Morgan fingerprint density at radius 1 is 1.38 bits per heavy atom. The summed E-state index contributed by atoms with van der Waals surface area (Å²) in [5.41, 5.74) is 2.10. The van der Waals surface area contributed by atoms with Crippen molar-refractivity contribution in [2.75, 3.05) is 44.3 Å². The largest absolute Gasteiger partial charge is 0.433 e. The molecule has 0 aromatic heterocycles. The van der Waals surface area contributed by atoms with Crippen LogP contribution in [0.2, 0.25) is 0 Å². The van der Waals surface area contributed by atoms with Crippen molar-refractivity contribution in [3.63, 3.8) is 0 Å². The highest BCUT2D eigenvalue weighted by Crippen LogP contribution is 2.31. The summed E-state index contributed by atoms with van der Waals surface area (Å²) in [6, 6.07) is 7.14. The number of alkyl halides is 2. The first kappa shape index (κ1) is 21.4. The van der Waals surface area contributed by atoms with Crippen molar-refractivity contribution in [2.24, 2.45) is 4.99 Å². The Balaban J connectivity index is 1.55. The van der Waals surface area contributed by atoms with Gasteiger partial charge in [0.2, 0.25) is 0 Å². The third-order valence-corrected chi connectivity index (χ3v) is 5.06. The van der Waals surface area contributed by atoms with Crippen LogP contribution in [0.15, 0.2) is 40.9 Å². The zero-order valence-electron chi connectivity index (χ0n) is 16.9. The Labute approximate surface area is 171 Å². The third kappa shape index (κ3) is 6.59. The molecule has 2 N–H and O–H groups in total. The minimum absolute atomic E-state index is 0.190. The number of rotatable bonds is 8. The predicted molar refractivity (Wildman–Crippen MR) is 111 cm³/mol. The number of nitrogens with one attached hydrogen (secondary N) is 2. The molecule has 0 spiro atoms. The molecule has 0 amide bonds. The molecule has 1 saturated heterocycles. The van der Waals surface area contributed by atoms with Crippen LogP contribution in [0.25, 0.3) is 0 Å². The maximum Gasteiger partial charge on any atom is 0.387 e. The molecule has 2 heterocycles. The third-order valence-electron chi connectivity index (χ3n) is 5.06. The predicted octanol–water partition coefficient (Wildman–Crippen LogP) is 3.16. The number of anilines is 1. The number of para-hydroxylation sites is 2. The molecule has 0 bridgehead atoms.